The Hall–Kier alpha value is -2.31. The van der Waals surface area contributed by atoms with Crippen LogP contribution in [0.3, 0.4) is 0 Å². The van der Waals surface area contributed by atoms with Gasteiger partial charge in [-0.3, -0.25) is 9.89 Å². The molecule has 0 saturated carbocycles. The number of aromatic amines is 1. The molecule has 0 radical (unpaired) electrons. The van der Waals surface area contributed by atoms with Crippen molar-refractivity contribution in [3.05, 3.63) is 41.5 Å². The number of anilines is 1. The first kappa shape index (κ1) is 13.1. The summed E-state index contributed by atoms with van der Waals surface area (Å²) in [6, 6.07) is 2.88. The minimum Gasteiger partial charge on any atom is -0.317 e. The number of hydrogen-bond donors (Lipinski definition) is 2. The molecule has 0 aliphatic heterocycles. The first-order valence-corrected chi connectivity index (χ1v) is 5.66. The largest absolute Gasteiger partial charge is 0.317 e. The average Bonchev–Trinajstić information content (AvgIpc) is 2.82. The minimum atomic E-state index is -0.854. The number of nitrogens with zero attached hydrogens (tertiary/aromatic N) is 2. The zero-order valence-electron chi connectivity index (χ0n) is 10.4. The number of benzene rings is 1. The van der Waals surface area contributed by atoms with Crippen LogP contribution < -0.4 is 5.32 Å². The zero-order valence-corrected chi connectivity index (χ0v) is 10.4. The van der Waals surface area contributed by atoms with E-state index in [9.17, 15) is 13.6 Å². The molecule has 2 N–H and O–H groups in total. The third kappa shape index (κ3) is 2.93. The fourth-order valence-corrected chi connectivity index (χ4v) is 1.40. The first-order valence-electron chi connectivity index (χ1n) is 5.66. The van der Waals surface area contributed by atoms with Crippen molar-refractivity contribution in [3.63, 3.8) is 0 Å². The highest BCUT2D eigenvalue weighted by Crippen LogP contribution is 2.16. The van der Waals surface area contributed by atoms with E-state index in [1.165, 1.54) is 0 Å². The van der Waals surface area contributed by atoms with Crippen molar-refractivity contribution >= 4 is 11.6 Å². The third-order valence-corrected chi connectivity index (χ3v) is 2.43. The van der Waals surface area contributed by atoms with Gasteiger partial charge in [-0.05, 0) is 12.1 Å². The van der Waals surface area contributed by atoms with Crippen LogP contribution in [0.1, 0.15) is 36.2 Å². The van der Waals surface area contributed by atoms with Gasteiger partial charge in [0.05, 0.1) is 5.69 Å². The van der Waals surface area contributed by atoms with E-state index in [4.69, 9.17) is 0 Å². The normalized spacial score (nSPS) is 10.8. The number of rotatable bonds is 3. The van der Waals surface area contributed by atoms with Gasteiger partial charge in [-0.15, -0.1) is 5.10 Å². The Balaban J connectivity index is 2.16. The van der Waals surface area contributed by atoms with Crippen LogP contribution in [-0.2, 0) is 0 Å². The van der Waals surface area contributed by atoms with E-state index in [-0.39, 0.29) is 17.4 Å². The van der Waals surface area contributed by atoms with Crippen LogP contribution in [0.15, 0.2) is 18.2 Å². The average molecular weight is 266 g/mol. The molecule has 0 spiro atoms. The number of carbonyl (C=O) groups is 1. The molecule has 0 fully saturated rings. The highest BCUT2D eigenvalue weighted by molar-refractivity contribution is 6.01. The highest BCUT2D eigenvalue weighted by atomic mass is 19.1. The summed E-state index contributed by atoms with van der Waals surface area (Å²) in [5, 5.41) is 8.64. The molecule has 1 heterocycles. The quantitative estimate of drug-likeness (QED) is 0.896. The maximum absolute atomic E-state index is 13.4. The van der Waals surface area contributed by atoms with Crippen molar-refractivity contribution in [2.24, 2.45) is 0 Å². The number of hydrogen-bond acceptors (Lipinski definition) is 3. The Morgan fingerprint density at radius 3 is 2.68 bits per heavy atom. The Labute approximate surface area is 108 Å². The van der Waals surface area contributed by atoms with Gasteiger partial charge in [-0.1, -0.05) is 13.8 Å². The molecule has 2 rings (SSSR count). The Kier molecular flexibility index (Phi) is 3.55. The number of nitrogens with one attached hydrogen (secondary N) is 2. The van der Waals surface area contributed by atoms with Crippen LogP contribution in [0.25, 0.3) is 0 Å². The molecule has 0 aliphatic carbocycles. The lowest BCUT2D eigenvalue weighted by Crippen LogP contribution is -2.15. The summed E-state index contributed by atoms with van der Waals surface area (Å²) in [4.78, 5) is 15.7. The van der Waals surface area contributed by atoms with Gasteiger partial charge in [-0.2, -0.15) is 0 Å². The lowest BCUT2D eigenvalue weighted by molar-refractivity contribution is 0.101. The van der Waals surface area contributed by atoms with E-state index in [1.54, 1.807) is 0 Å². The second kappa shape index (κ2) is 5.13. The van der Waals surface area contributed by atoms with Crippen molar-refractivity contribution in [2.45, 2.75) is 19.8 Å². The molecule has 7 heteroatoms. The van der Waals surface area contributed by atoms with E-state index in [0.717, 1.165) is 12.1 Å². The lowest BCUT2D eigenvalue weighted by atomic mass is 10.2. The molecule has 0 unspecified atom stereocenters. The van der Waals surface area contributed by atoms with Crippen LogP contribution >= 0.6 is 0 Å². The minimum absolute atomic E-state index is 0.0903. The molecular formula is C12H12F2N4O. The number of halogens is 2. The predicted octanol–water partition coefficient (Wildman–Crippen LogP) is 2.46. The molecule has 0 saturated heterocycles. The summed E-state index contributed by atoms with van der Waals surface area (Å²) in [6.45, 7) is 3.78. The smallest absolute Gasteiger partial charge is 0.295 e. The summed E-state index contributed by atoms with van der Waals surface area (Å²) in [5.41, 5.74) is -0.123. The maximum Gasteiger partial charge on any atom is 0.295 e. The van der Waals surface area contributed by atoms with E-state index < -0.39 is 17.5 Å². The second-order valence-corrected chi connectivity index (χ2v) is 4.28. The molecule has 1 aromatic heterocycles. The van der Waals surface area contributed by atoms with Gasteiger partial charge in [0.2, 0.25) is 5.82 Å². The summed E-state index contributed by atoms with van der Waals surface area (Å²) in [6.07, 6.45) is 0. The van der Waals surface area contributed by atoms with Crippen LogP contribution in [0.2, 0.25) is 0 Å². The van der Waals surface area contributed by atoms with E-state index >= 15 is 0 Å². The summed E-state index contributed by atoms with van der Waals surface area (Å²) >= 11 is 0. The molecule has 1 amide bonds. The van der Waals surface area contributed by atoms with E-state index in [1.807, 2.05) is 13.8 Å². The Morgan fingerprint density at radius 2 is 2.11 bits per heavy atom. The molecule has 0 bridgehead atoms. The second-order valence-electron chi connectivity index (χ2n) is 4.28. The number of H-pyrrole nitrogens is 1. The van der Waals surface area contributed by atoms with Crippen LogP contribution in [0, 0.1) is 11.6 Å². The predicted molar refractivity (Wildman–Crippen MR) is 64.8 cm³/mol. The molecular weight excluding hydrogens is 254 g/mol. The third-order valence-electron chi connectivity index (χ3n) is 2.43. The first-order chi connectivity index (χ1) is 8.97. The van der Waals surface area contributed by atoms with Gasteiger partial charge in [-0.25, -0.2) is 13.8 Å². The molecule has 1 aromatic carbocycles. The van der Waals surface area contributed by atoms with Crippen molar-refractivity contribution in [3.8, 4) is 0 Å². The van der Waals surface area contributed by atoms with Gasteiger partial charge in [0.15, 0.2) is 0 Å². The molecule has 5 nitrogen and oxygen atoms in total. The van der Waals surface area contributed by atoms with E-state index in [0.29, 0.717) is 11.9 Å². The topological polar surface area (TPSA) is 70.7 Å². The SMILES string of the molecule is CC(C)c1nc(C(=O)Nc2ccc(F)cc2F)n[nH]1. The molecule has 19 heavy (non-hydrogen) atoms. The van der Waals surface area contributed by atoms with Crippen LogP contribution in [-0.4, -0.2) is 21.1 Å². The fraction of sp³-hybridized carbons (Fsp3) is 0.250. The van der Waals surface area contributed by atoms with Gasteiger partial charge >= 0.3 is 0 Å². The number of amides is 1. The fourth-order valence-electron chi connectivity index (χ4n) is 1.40. The van der Waals surface area contributed by atoms with Crippen molar-refractivity contribution < 1.29 is 13.6 Å². The molecule has 0 atom stereocenters. The Bertz CT molecular complexity index is 610. The summed E-state index contributed by atoms with van der Waals surface area (Å²) < 4.78 is 26.1. The van der Waals surface area contributed by atoms with Gasteiger partial charge in [0, 0.05) is 12.0 Å². The zero-order chi connectivity index (χ0) is 14.0. The molecule has 2 aromatic rings. The lowest BCUT2D eigenvalue weighted by Gasteiger charge is -2.03. The maximum atomic E-state index is 13.4. The van der Waals surface area contributed by atoms with E-state index in [2.05, 4.69) is 20.5 Å². The van der Waals surface area contributed by atoms with Crippen molar-refractivity contribution in [1.29, 1.82) is 0 Å². The van der Waals surface area contributed by atoms with Crippen LogP contribution in [0.5, 0.6) is 0 Å². The standard InChI is InChI=1S/C12H12F2N4O/c1-6(2)10-16-11(18-17-10)12(19)15-9-4-3-7(13)5-8(9)14/h3-6H,1-2H3,(H,15,19)(H,16,17,18). The van der Waals surface area contributed by atoms with Gasteiger partial charge in [0.1, 0.15) is 17.5 Å². The van der Waals surface area contributed by atoms with Crippen LogP contribution in [0.4, 0.5) is 14.5 Å². The van der Waals surface area contributed by atoms with Crippen molar-refractivity contribution in [1.82, 2.24) is 15.2 Å². The van der Waals surface area contributed by atoms with Crippen molar-refractivity contribution in [2.75, 3.05) is 5.32 Å². The number of aromatic nitrogens is 3. The number of carbonyl (C=O) groups excluding carboxylic acids is 1. The van der Waals surface area contributed by atoms with Gasteiger partial charge in [0.25, 0.3) is 5.91 Å². The molecule has 100 valence electrons. The van der Waals surface area contributed by atoms with Gasteiger partial charge < -0.3 is 5.32 Å². The monoisotopic (exact) mass is 266 g/mol. The Morgan fingerprint density at radius 1 is 1.37 bits per heavy atom. The summed E-state index contributed by atoms with van der Waals surface area (Å²) in [5.74, 6) is -1.66. The summed E-state index contributed by atoms with van der Waals surface area (Å²) in [7, 11) is 0. The highest BCUT2D eigenvalue weighted by Gasteiger charge is 2.15. The molecule has 0 aliphatic rings.